The van der Waals surface area contributed by atoms with Gasteiger partial charge in [0.1, 0.15) is 0 Å². The van der Waals surface area contributed by atoms with Crippen molar-refractivity contribution in [3.05, 3.63) is 24.3 Å². The van der Waals surface area contributed by atoms with Gasteiger partial charge in [-0.2, -0.15) is 4.99 Å². The number of carbonyl (C=O) groups excluding carboxylic acids is 1. The van der Waals surface area contributed by atoms with Gasteiger partial charge in [-0.25, -0.2) is 0 Å². The average molecular weight is 360 g/mol. The van der Waals surface area contributed by atoms with Crippen LogP contribution < -0.4 is 4.90 Å². The van der Waals surface area contributed by atoms with Crippen molar-refractivity contribution < 1.29 is 14.8 Å². The van der Waals surface area contributed by atoms with E-state index < -0.39 is 0 Å². The summed E-state index contributed by atoms with van der Waals surface area (Å²) in [5.74, 6) is 0.202. The first kappa shape index (κ1) is 17.6. The maximum absolute atomic E-state index is 11.2. The smallest absolute Gasteiger partial charge is 0.258 e. The molecule has 0 fully saturated rings. The number of carbonyl (C=O) groups is 1. The van der Waals surface area contributed by atoms with Crippen molar-refractivity contribution in [1.82, 2.24) is 4.57 Å². The van der Waals surface area contributed by atoms with Gasteiger partial charge in [0, 0.05) is 5.39 Å². The van der Waals surface area contributed by atoms with E-state index in [1.807, 2.05) is 28.8 Å². The Bertz CT molecular complexity index is 839. The number of aliphatic imine (C=N–C) groups is 1. The highest BCUT2D eigenvalue weighted by atomic mass is 32.2. The zero-order valence-corrected chi connectivity index (χ0v) is 15.2. The molecule has 8 heteroatoms. The summed E-state index contributed by atoms with van der Waals surface area (Å²) < 4.78 is 1.88. The number of benzene rings is 1. The van der Waals surface area contributed by atoms with Gasteiger partial charge in [0.15, 0.2) is 5.69 Å². The number of hydrogen-bond acceptors (Lipinski definition) is 5. The molecule has 2 aromatic rings. The maximum atomic E-state index is 11.2. The second-order valence-corrected chi connectivity index (χ2v) is 6.77. The predicted molar refractivity (Wildman–Crippen MR) is 99.9 cm³/mol. The number of thioether (sulfide) groups is 1. The maximum Gasteiger partial charge on any atom is 0.258 e. The van der Waals surface area contributed by atoms with Crippen LogP contribution >= 0.6 is 11.8 Å². The van der Waals surface area contributed by atoms with Crippen LogP contribution in [-0.4, -0.2) is 46.1 Å². The van der Waals surface area contributed by atoms with E-state index in [9.17, 15) is 9.90 Å². The molecule has 1 aliphatic heterocycles. The quantitative estimate of drug-likeness (QED) is 0.773. The lowest BCUT2D eigenvalue weighted by Gasteiger charge is -2.16. The first-order chi connectivity index (χ1) is 12.1. The van der Waals surface area contributed by atoms with Gasteiger partial charge < -0.3 is 14.6 Å². The normalized spacial score (nSPS) is 15.0. The van der Waals surface area contributed by atoms with Crippen LogP contribution in [0.15, 0.2) is 39.5 Å². The Morgan fingerprint density at radius 3 is 2.72 bits per heavy atom. The summed E-state index contributed by atoms with van der Waals surface area (Å²) in [6.07, 6.45) is 0. The number of likely N-dealkylation sites (N-methyl/N-ethyl adjacent to an activating group) is 1. The number of rotatable bonds is 6. The fraction of sp³-hybridized carbons (Fsp3) is 0.412. The number of quaternary nitrogens is 1. The second-order valence-electron chi connectivity index (χ2n) is 5.82. The fourth-order valence-corrected chi connectivity index (χ4v) is 3.49. The van der Waals surface area contributed by atoms with Gasteiger partial charge in [0.25, 0.3) is 5.91 Å². The predicted octanol–water partition coefficient (Wildman–Crippen LogP) is 1.98. The van der Waals surface area contributed by atoms with Crippen LogP contribution in [0.25, 0.3) is 10.9 Å². The summed E-state index contributed by atoms with van der Waals surface area (Å²) in [6, 6.07) is 7.74. The highest BCUT2D eigenvalue weighted by Gasteiger charge is 2.19. The molecule has 0 unspecified atom stereocenters. The van der Waals surface area contributed by atoms with Gasteiger partial charge in [-0.1, -0.05) is 30.0 Å². The highest BCUT2D eigenvalue weighted by molar-refractivity contribution is 8.14. The Hall–Kier alpha value is -2.19. The summed E-state index contributed by atoms with van der Waals surface area (Å²) in [4.78, 5) is 16.4. The van der Waals surface area contributed by atoms with E-state index in [0.29, 0.717) is 23.2 Å². The van der Waals surface area contributed by atoms with Gasteiger partial charge in [-0.15, -0.1) is 10.2 Å². The number of amidine groups is 1. The first-order valence-corrected chi connectivity index (χ1v) is 9.42. The molecule has 0 aliphatic carbocycles. The van der Waals surface area contributed by atoms with Gasteiger partial charge in [0.2, 0.25) is 11.0 Å². The summed E-state index contributed by atoms with van der Waals surface area (Å²) >= 11 is 1.26. The van der Waals surface area contributed by atoms with Crippen LogP contribution in [0.2, 0.25) is 0 Å². The molecule has 0 saturated heterocycles. The Morgan fingerprint density at radius 1 is 1.28 bits per heavy atom. The number of hydrogen-bond donors (Lipinski definition) is 2. The Labute approximate surface area is 150 Å². The molecule has 1 aromatic carbocycles. The lowest BCUT2D eigenvalue weighted by Crippen LogP contribution is -3.11. The second kappa shape index (κ2) is 7.79. The van der Waals surface area contributed by atoms with Crippen molar-refractivity contribution >= 4 is 39.4 Å². The van der Waals surface area contributed by atoms with Gasteiger partial charge in [-0.3, -0.25) is 4.79 Å². The van der Waals surface area contributed by atoms with Crippen LogP contribution in [0.4, 0.5) is 5.69 Å². The molecule has 1 aliphatic rings. The standard InChI is InChI=1S/C17H21N5O2S/c1-3-21(4-2)9-10-22-13-8-6-5-7-12(13)15(16(22)24)19-20-17-18-14(23)11-25-17/h5-8,24H,3-4,9-11H2,1-2H3/p+1. The largest absolute Gasteiger partial charge is 0.493 e. The average Bonchev–Trinajstić information content (AvgIpc) is 3.15. The van der Waals surface area contributed by atoms with Gasteiger partial charge >= 0.3 is 0 Å². The molecular formula is C17H22N5O2S+. The summed E-state index contributed by atoms with van der Waals surface area (Å²) in [7, 11) is 0. The molecule has 1 amide bonds. The van der Waals surface area contributed by atoms with E-state index >= 15 is 0 Å². The number of amides is 1. The van der Waals surface area contributed by atoms with Crippen molar-refractivity contribution in [3.63, 3.8) is 0 Å². The zero-order chi connectivity index (χ0) is 17.8. The zero-order valence-electron chi connectivity index (χ0n) is 14.4. The van der Waals surface area contributed by atoms with E-state index in [0.717, 1.165) is 30.5 Å². The van der Waals surface area contributed by atoms with Crippen LogP contribution in [0, 0.1) is 0 Å². The van der Waals surface area contributed by atoms with Crippen LogP contribution in [0.1, 0.15) is 13.8 Å². The van der Waals surface area contributed by atoms with E-state index in [-0.39, 0.29) is 11.8 Å². The number of aromatic nitrogens is 1. The number of aromatic hydroxyl groups is 1. The Morgan fingerprint density at radius 2 is 2.04 bits per heavy atom. The number of nitrogens with zero attached hydrogens (tertiary/aromatic N) is 4. The van der Waals surface area contributed by atoms with E-state index in [2.05, 4.69) is 29.1 Å². The van der Waals surface area contributed by atoms with E-state index in [1.54, 1.807) is 0 Å². The SMILES string of the molecule is CC[NH+](CC)CCn1c(O)c(N=NC2=NC(=O)CS2)c2ccccc21. The molecule has 0 spiro atoms. The minimum atomic E-state index is -0.201. The van der Waals surface area contributed by atoms with Crippen molar-refractivity contribution in [1.29, 1.82) is 0 Å². The lowest BCUT2D eigenvalue weighted by atomic mass is 10.2. The lowest BCUT2D eigenvalue weighted by molar-refractivity contribution is -0.897. The molecule has 1 aromatic heterocycles. The third-order valence-electron chi connectivity index (χ3n) is 4.39. The molecule has 0 radical (unpaired) electrons. The molecule has 132 valence electrons. The summed E-state index contributed by atoms with van der Waals surface area (Å²) in [5, 5.41) is 20.1. The number of nitrogens with one attached hydrogen (secondary N) is 1. The molecule has 0 atom stereocenters. The minimum absolute atomic E-state index is 0.103. The molecule has 7 nitrogen and oxygen atoms in total. The van der Waals surface area contributed by atoms with Crippen molar-refractivity contribution in [3.8, 4) is 5.88 Å². The van der Waals surface area contributed by atoms with Crippen LogP contribution in [-0.2, 0) is 11.3 Å². The van der Waals surface area contributed by atoms with E-state index in [4.69, 9.17) is 0 Å². The van der Waals surface area contributed by atoms with E-state index in [1.165, 1.54) is 16.7 Å². The van der Waals surface area contributed by atoms with Crippen LogP contribution in [0.3, 0.4) is 0 Å². The summed E-state index contributed by atoms with van der Waals surface area (Å²) in [6.45, 7) is 8.04. The van der Waals surface area contributed by atoms with Gasteiger partial charge in [-0.05, 0) is 19.9 Å². The molecular weight excluding hydrogens is 338 g/mol. The third-order valence-corrected chi connectivity index (χ3v) is 5.21. The summed E-state index contributed by atoms with van der Waals surface area (Å²) in [5.41, 5.74) is 1.35. The molecule has 0 bridgehead atoms. The molecule has 25 heavy (non-hydrogen) atoms. The van der Waals surface area contributed by atoms with Crippen molar-refractivity contribution in [2.75, 3.05) is 25.4 Å². The molecule has 2 heterocycles. The minimum Gasteiger partial charge on any atom is -0.493 e. The fourth-order valence-electron chi connectivity index (χ4n) is 2.91. The molecule has 2 N–H and O–H groups in total. The molecule has 3 rings (SSSR count). The first-order valence-electron chi connectivity index (χ1n) is 8.43. The monoisotopic (exact) mass is 360 g/mol. The van der Waals surface area contributed by atoms with Gasteiger partial charge in [0.05, 0.1) is 37.4 Å². The number of para-hydroxylation sites is 1. The van der Waals surface area contributed by atoms with Crippen LogP contribution in [0.5, 0.6) is 5.88 Å². The highest BCUT2D eigenvalue weighted by Crippen LogP contribution is 2.38. The Kier molecular flexibility index (Phi) is 5.50. The number of azo groups is 1. The topological polar surface area (TPSA) is 83.8 Å². The van der Waals surface area contributed by atoms with Crippen molar-refractivity contribution in [2.45, 2.75) is 20.4 Å². The third kappa shape index (κ3) is 3.74. The van der Waals surface area contributed by atoms with Crippen molar-refractivity contribution in [2.24, 2.45) is 15.2 Å². The molecule has 0 saturated carbocycles. The number of fused-ring (bicyclic) bond motifs is 1. The Balaban J connectivity index is 1.93.